The first-order valence-electron chi connectivity index (χ1n) is 5.98. The maximum absolute atomic E-state index is 11.9. The monoisotopic (exact) mass is 270 g/mol. The molecule has 18 heavy (non-hydrogen) atoms. The van der Waals surface area contributed by atoms with Crippen LogP contribution in [-0.4, -0.2) is 37.5 Å². The molecule has 4 nitrogen and oxygen atoms in total. The average molecular weight is 270 g/mol. The van der Waals surface area contributed by atoms with Crippen LogP contribution >= 0.6 is 0 Å². The van der Waals surface area contributed by atoms with Gasteiger partial charge in [-0.3, -0.25) is 4.98 Å². The van der Waals surface area contributed by atoms with Gasteiger partial charge in [0.25, 0.3) is 0 Å². The van der Waals surface area contributed by atoms with Crippen molar-refractivity contribution >= 4 is 9.84 Å². The van der Waals surface area contributed by atoms with Gasteiger partial charge < -0.3 is 5.32 Å². The van der Waals surface area contributed by atoms with Crippen molar-refractivity contribution in [2.45, 2.75) is 37.5 Å². The van der Waals surface area contributed by atoms with Crippen LogP contribution in [0.3, 0.4) is 0 Å². The number of pyridine rings is 1. The van der Waals surface area contributed by atoms with Crippen LogP contribution in [-0.2, 0) is 9.84 Å². The Hall–Kier alpha value is -0.940. The lowest BCUT2D eigenvalue weighted by atomic mass is 9.86. The fourth-order valence-electron chi connectivity index (χ4n) is 2.29. The first-order valence-corrected chi connectivity index (χ1v) is 7.87. The Balaban J connectivity index is 3.12. The first kappa shape index (κ1) is 15.1. The summed E-state index contributed by atoms with van der Waals surface area (Å²) >= 11 is 0. The van der Waals surface area contributed by atoms with E-state index in [1.54, 1.807) is 33.3 Å². The molecule has 0 aliphatic heterocycles. The van der Waals surface area contributed by atoms with Gasteiger partial charge in [0.1, 0.15) is 0 Å². The van der Waals surface area contributed by atoms with E-state index < -0.39 is 14.6 Å². The molecule has 2 unspecified atom stereocenters. The quantitative estimate of drug-likeness (QED) is 0.883. The minimum absolute atomic E-state index is 0.0859. The van der Waals surface area contributed by atoms with Gasteiger partial charge in [-0.15, -0.1) is 0 Å². The van der Waals surface area contributed by atoms with E-state index in [-0.39, 0.29) is 12.0 Å². The van der Waals surface area contributed by atoms with Crippen LogP contribution in [0, 0.1) is 0 Å². The van der Waals surface area contributed by atoms with Gasteiger partial charge >= 0.3 is 0 Å². The fraction of sp³-hybridized carbons (Fsp3) is 0.615. The molecule has 0 aliphatic carbocycles. The van der Waals surface area contributed by atoms with E-state index >= 15 is 0 Å². The van der Waals surface area contributed by atoms with Crippen molar-refractivity contribution in [2.75, 3.05) is 13.3 Å². The van der Waals surface area contributed by atoms with Gasteiger partial charge in [0.15, 0.2) is 9.84 Å². The second kappa shape index (κ2) is 5.36. The second-order valence-electron chi connectivity index (χ2n) is 5.21. The van der Waals surface area contributed by atoms with Crippen molar-refractivity contribution in [1.82, 2.24) is 10.3 Å². The van der Waals surface area contributed by atoms with E-state index in [0.717, 1.165) is 5.56 Å². The van der Waals surface area contributed by atoms with Crippen LogP contribution in [0.4, 0.5) is 0 Å². The van der Waals surface area contributed by atoms with Crippen molar-refractivity contribution in [3.05, 3.63) is 30.1 Å². The summed E-state index contributed by atoms with van der Waals surface area (Å²) in [5.74, 6) is 0.0859. The predicted octanol–water partition coefficient (Wildman–Crippen LogP) is 1.60. The zero-order chi connectivity index (χ0) is 14.0. The van der Waals surface area contributed by atoms with E-state index in [1.807, 2.05) is 19.1 Å². The van der Waals surface area contributed by atoms with Crippen molar-refractivity contribution in [1.29, 1.82) is 0 Å². The zero-order valence-corrected chi connectivity index (χ0v) is 12.5. The van der Waals surface area contributed by atoms with Gasteiger partial charge in [0, 0.05) is 24.7 Å². The van der Waals surface area contributed by atoms with Crippen LogP contribution in [0.2, 0.25) is 0 Å². The minimum atomic E-state index is -3.14. The largest absolute Gasteiger partial charge is 0.315 e. The molecule has 0 saturated carbocycles. The minimum Gasteiger partial charge on any atom is -0.315 e. The van der Waals surface area contributed by atoms with Crippen molar-refractivity contribution in [3.8, 4) is 0 Å². The summed E-state index contributed by atoms with van der Waals surface area (Å²) in [6.45, 7) is 5.56. The Kier molecular flexibility index (Phi) is 4.50. The highest BCUT2D eigenvalue weighted by Gasteiger charge is 2.41. The molecule has 1 aromatic heterocycles. The molecule has 1 rings (SSSR count). The van der Waals surface area contributed by atoms with Gasteiger partial charge in [-0.2, -0.15) is 0 Å². The number of hydrogen-bond donors (Lipinski definition) is 1. The summed E-state index contributed by atoms with van der Waals surface area (Å²) in [6.07, 6.45) is 4.74. The SMILES string of the molecule is CNC(C(C)c1ccncc1)C(C)(C)S(C)(=O)=O. The van der Waals surface area contributed by atoms with E-state index in [0.29, 0.717) is 0 Å². The van der Waals surface area contributed by atoms with E-state index in [4.69, 9.17) is 0 Å². The predicted molar refractivity (Wildman–Crippen MR) is 74.4 cm³/mol. The van der Waals surface area contributed by atoms with Crippen molar-refractivity contribution in [2.24, 2.45) is 0 Å². The molecular weight excluding hydrogens is 248 g/mol. The smallest absolute Gasteiger partial charge is 0.154 e. The number of nitrogens with one attached hydrogen (secondary N) is 1. The summed E-state index contributed by atoms with van der Waals surface area (Å²) in [5.41, 5.74) is 1.08. The Morgan fingerprint density at radius 3 is 2.17 bits per heavy atom. The molecule has 0 radical (unpaired) electrons. The molecule has 0 saturated heterocycles. The Morgan fingerprint density at radius 1 is 1.28 bits per heavy atom. The van der Waals surface area contributed by atoms with Crippen LogP contribution in [0.15, 0.2) is 24.5 Å². The topological polar surface area (TPSA) is 59.1 Å². The van der Waals surface area contributed by atoms with Crippen LogP contribution in [0.25, 0.3) is 0 Å². The molecule has 5 heteroatoms. The number of rotatable bonds is 5. The van der Waals surface area contributed by atoms with E-state index in [9.17, 15) is 8.42 Å². The van der Waals surface area contributed by atoms with Crippen molar-refractivity contribution < 1.29 is 8.42 Å². The highest BCUT2D eigenvalue weighted by molar-refractivity contribution is 7.92. The molecule has 0 fully saturated rings. The third kappa shape index (κ3) is 2.90. The molecule has 0 aromatic carbocycles. The second-order valence-corrected chi connectivity index (χ2v) is 7.81. The van der Waals surface area contributed by atoms with E-state index in [1.165, 1.54) is 6.26 Å². The maximum Gasteiger partial charge on any atom is 0.154 e. The normalized spacial score (nSPS) is 16.3. The van der Waals surface area contributed by atoms with Gasteiger partial charge in [-0.25, -0.2) is 8.42 Å². The lowest BCUT2D eigenvalue weighted by molar-refractivity contribution is 0.387. The van der Waals surface area contributed by atoms with E-state index in [2.05, 4.69) is 10.3 Å². The van der Waals surface area contributed by atoms with Gasteiger partial charge in [-0.05, 0) is 44.5 Å². The highest BCUT2D eigenvalue weighted by atomic mass is 32.2. The third-order valence-electron chi connectivity index (χ3n) is 3.75. The van der Waals surface area contributed by atoms with Crippen LogP contribution in [0.5, 0.6) is 0 Å². The molecule has 1 aromatic rings. The number of sulfone groups is 1. The van der Waals surface area contributed by atoms with Gasteiger partial charge in [0.05, 0.1) is 4.75 Å². The van der Waals surface area contributed by atoms with Crippen molar-refractivity contribution in [3.63, 3.8) is 0 Å². The first-order chi connectivity index (χ1) is 8.21. The lowest BCUT2D eigenvalue weighted by Crippen LogP contribution is -2.52. The summed E-state index contributed by atoms with van der Waals surface area (Å²) in [6, 6.07) is 3.69. The molecule has 0 aliphatic rings. The number of aromatic nitrogens is 1. The molecule has 1 heterocycles. The Labute approximate surface area is 110 Å². The summed E-state index contributed by atoms with van der Waals surface area (Å²) in [7, 11) is -1.34. The van der Waals surface area contributed by atoms with Gasteiger partial charge in [-0.1, -0.05) is 6.92 Å². The molecular formula is C13H22N2O2S. The van der Waals surface area contributed by atoms with Gasteiger partial charge in [0.2, 0.25) is 0 Å². The summed E-state index contributed by atoms with van der Waals surface area (Å²) in [5, 5.41) is 3.15. The fourth-order valence-corrected chi connectivity index (χ4v) is 3.07. The molecule has 0 spiro atoms. The average Bonchev–Trinajstić information content (AvgIpc) is 2.29. The molecule has 1 N–H and O–H groups in total. The Bertz CT molecular complexity index is 483. The molecule has 0 bridgehead atoms. The molecule has 102 valence electrons. The highest BCUT2D eigenvalue weighted by Crippen LogP contribution is 2.30. The lowest BCUT2D eigenvalue weighted by Gasteiger charge is -2.36. The molecule has 2 atom stereocenters. The number of likely N-dealkylation sites (N-methyl/N-ethyl adjacent to an activating group) is 1. The number of hydrogen-bond acceptors (Lipinski definition) is 4. The zero-order valence-electron chi connectivity index (χ0n) is 11.6. The van der Waals surface area contributed by atoms with Crippen LogP contribution < -0.4 is 5.32 Å². The summed E-state index contributed by atoms with van der Waals surface area (Å²) < 4.78 is 23.0. The van der Waals surface area contributed by atoms with Crippen LogP contribution in [0.1, 0.15) is 32.3 Å². The number of nitrogens with zero attached hydrogens (tertiary/aromatic N) is 1. The maximum atomic E-state index is 11.9. The Morgan fingerprint density at radius 2 is 1.78 bits per heavy atom. The standard InChI is InChI=1S/C13H22N2O2S/c1-10(11-6-8-15-9-7-11)12(14-4)13(2,3)18(5,16)17/h6-10,12,14H,1-5H3. The molecule has 0 amide bonds. The summed E-state index contributed by atoms with van der Waals surface area (Å²) in [4.78, 5) is 3.99. The third-order valence-corrected chi connectivity index (χ3v) is 5.91.